The number of amides is 5. The number of aliphatic hydroxyl groups is 1. The molecule has 1 aromatic carbocycles. The third-order valence-electron chi connectivity index (χ3n) is 13.0. The van der Waals surface area contributed by atoms with Crippen LogP contribution in [0.15, 0.2) is 42.9 Å². The summed E-state index contributed by atoms with van der Waals surface area (Å²) < 4.78 is 15.2. The average molecular weight is 866 g/mol. The van der Waals surface area contributed by atoms with E-state index < -0.39 is 35.3 Å². The van der Waals surface area contributed by atoms with Crippen LogP contribution in [0.25, 0.3) is 5.65 Å². The number of piperidine rings is 2. The van der Waals surface area contributed by atoms with Crippen molar-refractivity contribution >= 4 is 52.4 Å². The Hall–Kier alpha value is -5.76. The van der Waals surface area contributed by atoms with Gasteiger partial charge in [0.05, 0.1) is 55.0 Å². The lowest BCUT2D eigenvalue weighted by Crippen LogP contribution is -2.54. The zero-order valence-corrected chi connectivity index (χ0v) is 35.8. The number of carbonyl (C=O) groups excluding carboxylic acids is 5. The Balaban J connectivity index is 0.728. The molecule has 19 heteroatoms. The Labute approximate surface area is 364 Å². The highest BCUT2D eigenvalue weighted by atomic mass is 16.5. The predicted molar refractivity (Wildman–Crippen MR) is 229 cm³/mol. The van der Waals surface area contributed by atoms with Gasteiger partial charge < -0.3 is 35.0 Å². The third kappa shape index (κ3) is 8.91. The van der Waals surface area contributed by atoms with Gasteiger partial charge in [-0.1, -0.05) is 6.07 Å². The molecule has 3 aromatic heterocycles. The lowest BCUT2D eigenvalue weighted by molar-refractivity contribution is -0.136. The second-order valence-electron chi connectivity index (χ2n) is 17.7. The molecule has 0 radical (unpaired) electrons. The minimum atomic E-state index is -1.28. The van der Waals surface area contributed by atoms with Gasteiger partial charge in [0.1, 0.15) is 28.7 Å². The number of fused-ring (bicyclic) bond motifs is 2. The summed E-state index contributed by atoms with van der Waals surface area (Å²) in [5.41, 5.74) is 1.37. The van der Waals surface area contributed by atoms with Gasteiger partial charge in [0, 0.05) is 63.8 Å². The SMILES string of the molecule is CC(C)(O)c1nn([C@H]2CC[C@H](CN3CCC(OCCNc4cccc5c4C(=O)N(C4CCC(=O)NC4=O)C5=O)CC3)CC2)cc1NC(=O)c1cnn2ccc(N3CCOCC3)nc12. The summed E-state index contributed by atoms with van der Waals surface area (Å²) in [6, 6.07) is 6.06. The smallest absolute Gasteiger partial charge is 0.264 e. The first kappa shape index (κ1) is 42.5. The van der Waals surface area contributed by atoms with Crippen molar-refractivity contribution in [3.8, 4) is 0 Å². The van der Waals surface area contributed by atoms with Crippen LogP contribution in [0.2, 0.25) is 0 Å². The first-order valence-corrected chi connectivity index (χ1v) is 22.1. The van der Waals surface area contributed by atoms with E-state index in [9.17, 15) is 29.1 Å². The van der Waals surface area contributed by atoms with Crippen molar-refractivity contribution in [3.63, 3.8) is 0 Å². The van der Waals surface area contributed by atoms with Gasteiger partial charge in [0.25, 0.3) is 17.7 Å². The number of rotatable bonds is 13. The number of nitrogens with one attached hydrogen (secondary N) is 3. The molecule has 3 saturated heterocycles. The normalized spacial score (nSPS) is 22.7. The van der Waals surface area contributed by atoms with E-state index >= 15 is 0 Å². The molecule has 0 spiro atoms. The lowest BCUT2D eigenvalue weighted by atomic mass is 9.85. The molecule has 5 aliphatic rings. The number of imide groups is 2. The van der Waals surface area contributed by atoms with Crippen molar-refractivity contribution in [1.82, 2.24) is 39.5 Å². The Bertz CT molecular complexity index is 2390. The van der Waals surface area contributed by atoms with Gasteiger partial charge in [-0.3, -0.25) is 38.9 Å². The van der Waals surface area contributed by atoms with Crippen molar-refractivity contribution < 1.29 is 38.6 Å². The molecule has 63 heavy (non-hydrogen) atoms. The van der Waals surface area contributed by atoms with Crippen molar-refractivity contribution in [2.24, 2.45) is 5.92 Å². The Morgan fingerprint density at radius 3 is 2.49 bits per heavy atom. The van der Waals surface area contributed by atoms with Gasteiger partial charge in [-0.25, -0.2) is 9.50 Å². The maximum atomic E-state index is 13.7. The summed E-state index contributed by atoms with van der Waals surface area (Å²) in [7, 11) is 0. The number of ether oxygens (including phenoxy) is 2. The maximum absolute atomic E-state index is 13.7. The first-order valence-electron chi connectivity index (χ1n) is 22.1. The minimum Gasteiger partial charge on any atom is -0.384 e. The highest BCUT2D eigenvalue weighted by molar-refractivity contribution is 6.25. The first-order chi connectivity index (χ1) is 30.4. The van der Waals surface area contributed by atoms with Crippen molar-refractivity contribution in [2.45, 2.75) is 89.0 Å². The third-order valence-corrected chi connectivity index (χ3v) is 13.0. The molecule has 1 unspecified atom stereocenters. The summed E-state index contributed by atoms with van der Waals surface area (Å²) in [5.74, 6) is -1.16. The average Bonchev–Trinajstić information content (AvgIpc) is 3.98. The summed E-state index contributed by atoms with van der Waals surface area (Å²) in [6.45, 7) is 9.83. The Morgan fingerprint density at radius 1 is 0.968 bits per heavy atom. The van der Waals surface area contributed by atoms with Crippen molar-refractivity contribution in [1.29, 1.82) is 0 Å². The van der Waals surface area contributed by atoms with Crippen LogP contribution in [0.4, 0.5) is 17.2 Å². The number of benzene rings is 1. The van der Waals surface area contributed by atoms with Crippen molar-refractivity contribution in [2.75, 3.05) is 74.6 Å². The van der Waals surface area contributed by atoms with E-state index in [4.69, 9.17) is 19.6 Å². The quantitative estimate of drug-likeness (QED) is 0.112. The molecule has 1 aliphatic carbocycles. The maximum Gasteiger partial charge on any atom is 0.264 e. The van der Waals surface area contributed by atoms with E-state index in [0.29, 0.717) is 60.6 Å². The van der Waals surface area contributed by atoms with E-state index in [1.807, 2.05) is 16.9 Å². The molecule has 4 fully saturated rings. The summed E-state index contributed by atoms with van der Waals surface area (Å²) in [4.78, 5) is 74.8. The summed E-state index contributed by atoms with van der Waals surface area (Å²) >= 11 is 0. The fourth-order valence-corrected chi connectivity index (χ4v) is 9.59. The molecule has 4 N–H and O–H groups in total. The van der Waals surface area contributed by atoms with E-state index in [0.717, 1.165) is 82.0 Å². The second kappa shape index (κ2) is 17.8. The van der Waals surface area contributed by atoms with Crippen LogP contribution in [0.1, 0.15) is 108 Å². The molecule has 9 rings (SSSR count). The topological polar surface area (TPSA) is 218 Å². The fourth-order valence-electron chi connectivity index (χ4n) is 9.59. The second-order valence-corrected chi connectivity index (χ2v) is 17.7. The van der Waals surface area contributed by atoms with Crippen LogP contribution in [-0.4, -0.2) is 140 Å². The number of morpholine rings is 1. The number of carbonyl (C=O) groups is 5. The van der Waals surface area contributed by atoms with Crippen LogP contribution < -0.4 is 20.9 Å². The van der Waals surface area contributed by atoms with Gasteiger partial charge in [0.2, 0.25) is 11.8 Å². The lowest BCUT2D eigenvalue weighted by Gasteiger charge is -2.36. The van der Waals surface area contributed by atoms with Gasteiger partial charge in [0.15, 0.2) is 5.65 Å². The minimum absolute atomic E-state index is 0.0696. The molecule has 4 aromatic rings. The Morgan fingerprint density at radius 2 is 1.75 bits per heavy atom. The summed E-state index contributed by atoms with van der Waals surface area (Å²) in [6.07, 6.45) is 11.3. The van der Waals surface area contributed by atoms with Gasteiger partial charge >= 0.3 is 0 Å². The largest absolute Gasteiger partial charge is 0.384 e. The van der Waals surface area contributed by atoms with Crippen LogP contribution in [0, 0.1) is 5.92 Å². The van der Waals surface area contributed by atoms with Gasteiger partial charge in [-0.05, 0) is 82.9 Å². The van der Waals surface area contributed by atoms with Crippen molar-refractivity contribution in [3.05, 3.63) is 65.2 Å². The molecular weight excluding hydrogens is 811 g/mol. The standard InChI is InChI=1S/C44H55N11O8/c1-44(2,61)38-33(47-40(57)31-24-46-53-18-14-35(48-39(31)53)52-19-22-62-23-20-52)26-54(50-38)28-8-6-27(7-9-28)25-51-16-12-29(13-17-51)63-21-15-45-32-5-3-4-30-37(32)43(60)55(42(30)59)34-10-11-36(56)49-41(34)58/h3-5,14,18,24,26-29,34,45,61H,6-13,15-17,19-23,25H2,1-2H3,(H,47,57)(H,49,56,58)/t27-,28-,34?. The van der Waals surface area contributed by atoms with Crippen LogP contribution in [-0.2, 0) is 24.7 Å². The van der Waals surface area contributed by atoms with E-state index in [1.165, 1.54) is 6.20 Å². The molecular formula is C44H55N11O8. The van der Waals surface area contributed by atoms with Crippen LogP contribution in [0.5, 0.6) is 0 Å². The highest BCUT2D eigenvalue weighted by Gasteiger charge is 2.45. The highest BCUT2D eigenvalue weighted by Crippen LogP contribution is 2.37. The number of likely N-dealkylation sites (tertiary alicyclic amines) is 1. The molecule has 334 valence electrons. The molecule has 19 nitrogen and oxygen atoms in total. The van der Waals surface area contributed by atoms with Crippen LogP contribution >= 0.6 is 0 Å². The zero-order chi connectivity index (χ0) is 43.8. The van der Waals surface area contributed by atoms with Crippen LogP contribution in [0.3, 0.4) is 0 Å². The fraction of sp³-hybridized carbons (Fsp3) is 0.545. The van der Waals surface area contributed by atoms with Gasteiger partial charge in [-0.2, -0.15) is 10.2 Å². The Kier molecular flexibility index (Phi) is 12.0. The molecule has 1 atom stereocenters. The monoisotopic (exact) mass is 865 g/mol. The molecule has 7 heterocycles. The van der Waals surface area contributed by atoms with E-state index in [1.54, 1.807) is 42.8 Å². The van der Waals surface area contributed by atoms with E-state index in [-0.39, 0.29) is 42.0 Å². The number of anilines is 3. The number of hydrogen-bond donors (Lipinski definition) is 4. The number of aromatic nitrogens is 5. The van der Waals surface area contributed by atoms with Gasteiger partial charge in [-0.15, -0.1) is 0 Å². The predicted octanol–water partition coefficient (Wildman–Crippen LogP) is 2.97. The zero-order valence-electron chi connectivity index (χ0n) is 35.8. The number of hydrogen-bond acceptors (Lipinski definition) is 14. The molecule has 5 amide bonds. The molecule has 1 saturated carbocycles. The van der Waals surface area contributed by atoms with E-state index in [2.05, 4.69) is 30.8 Å². The number of nitrogens with zero attached hydrogens (tertiary/aromatic N) is 8. The molecule has 4 aliphatic heterocycles. The summed E-state index contributed by atoms with van der Waals surface area (Å²) in [5, 5.41) is 28.8. The molecule has 0 bridgehead atoms.